The normalized spacial score (nSPS) is 15.2. The molecule has 0 atom stereocenters. The van der Waals surface area contributed by atoms with E-state index in [0.717, 1.165) is 88.4 Å². The Bertz CT molecular complexity index is 6150. The first-order valence-corrected chi connectivity index (χ1v) is 37.9. The Morgan fingerprint density at radius 3 is 0.961 bits per heavy atom. The van der Waals surface area contributed by atoms with Crippen molar-refractivity contribution in [1.82, 2.24) is 13.7 Å². The lowest BCUT2D eigenvalue weighted by Gasteiger charge is -2.32. The minimum atomic E-state index is -4.04. The largest absolute Gasteiger partial charge is 0.494 e. The van der Waals surface area contributed by atoms with Crippen LogP contribution in [0, 0.1) is 0 Å². The molecule has 11 nitrogen and oxygen atoms in total. The monoisotopic (exact) mass is 1500 g/mol. The lowest BCUT2D eigenvalue weighted by Crippen LogP contribution is -2.41. The van der Waals surface area contributed by atoms with Crippen molar-refractivity contribution in [3.8, 4) is 39.3 Å². The third-order valence-electron chi connectivity index (χ3n) is 20.3. The van der Waals surface area contributed by atoms with Gasteiger partial charge < -0.3 is 23.0 Å². The van der Waals surface area contributed by atoms with Crippen molar-refractivity contribution < 1.29 is 35.7 Å². The quantitative estimate of drug-likeness (QED) is 0.150. The molecule has 16 heteroatoms. The van der Waals surface area contributed by atoms with Gasteiger partial charge in [0.05, 0.1) is 63.9 Å². The Morgan fingerprint density at radius 2 is 0.588 bits per heavy atom. The van der Waals surface area contributed by atoms with Crippen LogP contribution in [0.5, 0.6) is 0 Å². The molecule has 13 aromatic carbocycles. The molecule has 6 heterocycles. The fourth-order valence-corrected chi connectivity index (χ4v) is 19.0. The maximum absolute atomic E-state index is 14.5. The lowest BCUT2D eigenvalue weighted by atomic mass is 9.78. The number of sulfone groups is 2. The molecule has 1 fully saturated rings. The van der Waals surface area contributed by atoms with Gasteiger partial charge in [0.2, 0.25) is 19.7 Å². The number of para-hydroxylation sites is 6. The van der Waals surface area contributed by atoms with Crippen LogP contribution in [0.15, 0.2) is 320 Å². The molecular formula is C86H60BBr2N3O8S2. The molecule has 0 bridgehead atoms. The summed E-state index contributed by atoms with van der Waals surface area (Å²) >= 11 is 6.46. The summed E-state index contributed by atoms with van der Waals surface area (Å²) in [5.41, 5.74) is 14.4. The predicted octanol–water partition coefficient (Wildman–Crippen LogP) is 20.3. The summed E-state index contributed by atoms with van der Waals surface area (Å²) in [5.74, 6) is -0.555. The Hall–Kier alpha value is -10.6. The Kier molecular flexibility index (Phi) is 15.6. The highest BCUT2D eigenvalue weighted by Gasteiger charge is 2.52. The van der Waals surface area contributed by atoms with Crippen LogP contribution in [0.3, 0.4) is 0 Å². The third-order valence-corrected chi connectivity index (χ3v) is 24.9. The molecule has 496 valence electrons. The van der Waals surface area contributed by atoms with Crippen molar-refractivity contribution in [3.05, 3.63) is 322 Å². The van der Waals surface area contributed by atoms with Crippen LogP contribution < -0.4 is 5.46 Å². The van der Waals surface area contributed by atoms with E-state index < -0.39 is 19.7 Å². The minimum absolute atomic E-state index is 0.0350. The second-order valence-corrected chi connectivity index (χ2v) is 32.4. The van der Waals surface area contributed by atoms with E-state index in [1.807, 2.05) is 91.0 Å². The van der Waals surface area contributed by atoms with Crippen LogP contribution in [0.2, 0.25) is 0 Å². The number of benzene rings is 13. The number of rotatable bonds is 6. The first kappa shape index (κ1) is 64.8. The molecule has 0 unspecified atom stereocenters. The number of aromatic nitrogens is 3. The van der Waals surface area contributed by atoms with Crippen LogP contribution in [0.4, 0.5) is 0 Å². The molecule has 0 saturated carbocycles. The Morgan fingerprint density at radius 1 is 0.304 bits per heavy atom. The van der Waals surface area contributed by atoms with Crippen molar-refractivity contribution in [1.29, 1.82) is 0 Å². The first-order valence-electron chi connectivity index (χ1n) is 33.3. The second-order valence-electron chi connectivity index (χ2n) is 26.8. The number of hydrogen-bond acceptors (Lipinski definition) is 8. The van der Waals surface area contributed by atoms with Crippen LogP contribution >= 0.6 is 31.9 Å². The van der Waals surface area contributed by atoms with Gasteiger partial charge in [0, 0.05) is 80.6 Å². The van der Waals surface area contributed by atoms with E-state index in [1.165, 1.54) is 46.1 Å². The smallest absolute Gasteiger partial charge is 0.399 e. The number of nitrogens with zero attached hydrogens (tertiary/aromatic N) is 3. The van der Waals surface area contributed by atoms with E-state index >= 15 is 0 Å². The molecule has 16 aromatic rings. The van der Waals surface area contributed by atoms with Crippen LogP contribution in [-0.2, 0) is 29.0 Å². The SMILES string of the molecule is CC1(C)OB(c2ccc3c(c2)c2ccccc2n3-c2ccccc2)OC1(C)C.O=C1c2ccc(-c3ccc4c(c3)c3ccccc3n4-c3ccccc3)cc2S(=O)(=O)c2cc(-c3ccc4c(c3)c3ccccc3n4-c3ccccc3)ccc21.O=C1c2ccc(Br)cc2S(=O)(=O)c2cc(Br)ccc21. The van der Waals surface area contributed by atoms with E-state index in [9.17, 15) is 26.4 Å². The molecule has 3 aromatic heterocycles. The number of carbonyl (C=O) groups is 2. The Labute approximate surface area is 606 Å². The number of ketones is 2. The fraction of sp³-hybridized carbons (Fsp3) is 0.0698. The van der Waals surface area contributed by atoms with Gasteiger partial charge in [-0.2, -0.15) is 0 Å². The van der Waals surface area contributed by atoms with Gasteiger partial charge in [0.1, 0.15) is 0 Å². The van der Waals surface area contributed by atoms with Gasteiger partial charge in [0.25, 0.3) is 0 Å². The van der Waals surface area contributed by atoms with E-state index in [2.05, 4.69) is 213 Å². The summed E-state index contributed by atoms with van der Waals surface area (Å²) in [7, 11) is -8.06. The van der Waals surface area contributed by atoms with Crippen molar-refractivity contribution in [2.45, 2.75) is 58.5 Å². The molecule has 19 rings (SSSR count). The minimum Gasteiger partial charge on any atom is -0.399 e. The van der Waals surface area contributed by atoms with Crippen molar-refractivity contribution in [2.24, 2.45) is 0 Å². The standard InChI is InChI=1S/C49H30N2O3S.C24H24BNO2.C13H6Br2O3S/c52-49-39-23-19-33(31-21-25-45-41(27-31)37-15-7-9-17-43(37)50(45)35-11-3-1-4-12-35)29-47(39)55(53,54)48-30-34(20-24-40(48)49)32-22-26-46-42(28-32)38-16-8-10-18-44(38)51(46)36-13-5-2-6-14-36;1-23(2)24(3,4)28-25(27-23)17-14-15-22-20(16-17)19-12-8-9-13-21(19)26(22)18-10-6-5-7-11-18;14-7-1-3-9-11(5-7)19(17,18)12-6-8(15)2-4-10(12)13(9)16/h1-30H;5-16H,1-4H3;1-6H. The average molecular weight is 1500 g/mol. The van der Waals surface area contributed by atoms with Crippen molar-refractivity contribution >= 4 is 141 Å². The topological polar surface area (TPSA) is 136 Å². The average Bonchev–Trinajstić information content (AvgIpc) is 1.21. The van der Waals surface area contributed by atoms with Crippen LogP contribution in [0.1, 0.15) is 59.5 Å². The zero-order valence-corrected chi connectivity index (χ0v) is 60.3. The van der Waals surface area contributed by atoms with Gasteiger partial charge in [-0.15, -0.1) is 0 Å². The number of carbonyl (C=O) groups excluding carboxylic acids is 2. The van der Waals surface area contributed by atoms with E-state index in [4.69, 9.17) is 9.31 Å². The molecule has 0 N–H and O–H groups in total. The molecule has 3 aliphatic rings. The van der Waals surface area contributed by atoms with Crippen LogP contribution in [-0.4, -0.2) is 60.4 Å². The van der Waals surface area contributed by atoms with E-state index in [-0.39, 0.29) is 71.7 Å². The van der Waals surface area contributed by atoms with Gasteiger partial charge in [-0.05, 0) is 201 Å². The lowest BCUT2D eigenvalue weighted by molar-refractivity contribution is 0.00578. The third kappa shape index (κ3) is 10.6. The summed E-state index contributed by atoms with van der Waals surface area (Å²) < 4.78 is 74.8. The first-order chi connectivity index (χ1) is 49.2. The summed E-state index contributed by atoms with van der Waals surface area (Å²) in [6, 6.07) is 94.9. The fourth-order valence-electron chi connectivity index (χ4n) is 14.5. The summed E-state index contributed by atoms with van der Waals surface area (Å²) in [6.45, 7) is 8.36. The van der Waals surface area contributed by atoms with Gasteiger partial charge in [-0.3, -0.25) is 9.59 Å². The molecule has 3 aliphatic heterocycles. The van der Waals surface area contributed by atoms with Gasteiger partial charge in [-0.25, -0.2) is 16.8 Å². The predicted molar refractivity (Wildman–Crippen MR) is 415 cm³/mol. The molecule has 0 spiro atoms. The number of hydrogen-bond donors (Lipinski definition) is 0. The summed E-state index contributed by atoms with van der Waals surface area (Å²) in [4.78, 5) is 26.4. The summed E-state index contributed by atoms with van der Waals surface area (Å²) in [6.07, 6.45) is 0. The molecular weight excluding hydrogens is 1440 g/mol. The highest BCUT2D eigenvalue weighted by molar-refractivity contribution is 9.10. The van der Waals surface area contributed by atoms with Crippen molar-refractivity contribution in [3.63, 3.8) is 0 Å². The van der Waals surface area contributed by atoms with Gasteiger partial charge in [0.15, 0.2) is 11.6 Å². The number of halogens is 2. The molecule has 1 saturated heterocycles. The second kappa shape index (κ2) is 24.6. The highest BCUT2D eigenvalue weighted by atomic mass is 79.9. The Balaban J connectivity index is 0.000000136. The number of fused-ring (bicyclic) bond motifs is 13. The van der Waals surface area contributed by atoms with Gasteiger partial charge in [-0.1, -0.05) is 177 Å². The zero-order chi connectivity index (χ0) is 70.1. The molecule has 0 aliphatic carbocycles. The summed E-state index contributed by atoms with van der Waals surface area (Å²) in [5, 5.41) is 6.78. The van der Waals surface area contributed by atoms with Gasteiger partial charge >= 0.3 is 7.12 Å². The maximum Gasteiger partial charge on any atom is 0.494 e. The van der Waals surface area contributed by atoms with Crippen molar-refractivity contribution in [2.75, 3.05) is 0 Å². The maximum atomic E-state index is 14.5. The van der Waals surface area contributed by atoms with Crippen LogP contribution in [0.25, 0.3) is 105 Å². The highest BCUT2D eigenvalue weighted by Crippen LogP contribution is 2.44. The zero-order valence-electron chi connectivity index (χ0n) is 55.5. The molecule has 0 radical (unpaired) electrons. The van der Waals surface area contributed by atoms with E-state index in [1.54, 1.807) is 36.4 Å². The molecule has 0 amide bonds. The molecule has 102 heavy (non-hydrogen) atoms. The van der Waals surface area contributed by atoms with E-state index in [0.29, 0.717) is 8.95 Å².